The summed E-state index contributed by atoms with van der Waals surface area (Å²) < 4.78 is 10.9. The number of nitrogens with two attached hydrogens (primary N) is 1. The van der Waals surface area contributed by atoms with Crippen molar-refractivity contribution in [3.05, 3.63) is 23.3 Å². The molecule has 0 unspecified atom stereocenters. The summed E-state index contributed by atoms with van der Waals surface area (Å²) >= 11 is 0. The van der Waals surface area contributed by atoms with Gasteiger partial charge in [-0.1, -0.05) is 6.07 Å². The molecular weight excluding hydrogens is 190 g/mol. The van der Waals surface area contributed by atoms with Gasteiger partial charge in [-0.2, -0.15) is 0 Å². The lowest BCUT2D eigenvalue weighted by Crippen LogP contribution is -2.24. The second-order valence-electron chi connectivity index (χ2n) is 4.70. The van der Waals surface area contributed by atoms with Crippen molar-refractivity contribution < 1.29 is 9.47 Å². The summed E-state index contributed by atoms with van der Waals surface area (Å²) in [5.74, 6) is 1.77. The summed E-state index contributed by atoms with van der Waals surface area (Å²) in [6.45, 7) is 2.41. The molecular formula is C12H15NO2. The molecule has 1 aliphatic carbocycles. The molecule has 0 aromatic heterocycles. The highest BCUT2D eigenvalue weighted by atomic mass is 16.7. The van der Waals surface area contributed by atoms with Gasteiger partial charge in [0, 0.05) is 11.1 Å². The van der Waals surface area contributed by atoms with Crippen LogP contribution in [-0.4, -0.2) is 12.3 Å². The normalized spacial score (nSPS) is 20.4. The number of ether oxygens (including phenoxy) is 2. The van der Waals surface area contributed by atoms with Crippen molar-refractivity contribution in [3.63, 3.8) is 0 Å². The molecule has 0 amide bonds. The minimum Gasteiger partial charge on any atom is -0.454 e. The van der Waals surface area contributed by atoms with Gasteiger partial charge in [0.25, 0.3) is 0 Å². The Kier molecular flexibility index (Phi) is 1.74. The molecule has 2 aliphatic rings. The maximum atomic E-state index is 6.13. The van der Waals surface area contributed by atoms with Crippen molar-refractivity contribution in [2.24, 2.45) is 5.73 Å². The summed E-state index contributed by atoms with van der Waals surface area (Å²) in [6.07, 6.45) is 3.15. The highest BCUT2D eigenvalue weighted by Gasteiger charge is 2.39. The Labute approximate surface area is 89.2 Å². The van der Waals surface area contributed by atoms with Gasteiger partial charge in [-0.15, -0.1) is 0 Å². The topological polar surface area (TPSA) is 44.5 Å². The van der Waals surface area contributed by atoms with E-state index >= 15 is 0 Å². The monoisotopic (exact) mass is 205 g/mol. The number of benzene rings is 1. The summed E-state index contributed by atoms with van der Waals surface area (Å²) in [6, 6.07) is 4.17. The standard InChI is InChI=1S/C12H15NO2/c1-8-4-9(6-12(13)2-3-12)11-10(5-8)14-7-15-11/h4-5H,2-3,6-7,13H2,1H3. The maximum Gasteiger partial charge on any atom is 0.231 e. The van der Waals surface area contributed by atoms with E-state index in [2.05, 4.69) is 13.0 Å². The molecule has 1 aromatic carbocycles. The van der Waals surface area contributed by atoms with Crippen molar-refractivity contribution in [1.29, 1.82) is 0 Å². The van der Waals surface area contributed by atoms with Crippen LogP contribution < -0.4 is 15.2 Å². The minimum atomic E-state index is 0.0213. The van der Waals surface area contributed by atoms with Crippen LogP contribution in [0.4, 0.5) is 0 Å². The second kappa shape index (κ2) is 2.89. The molecule has 2 N–H and O–H groups in total. The first-order valence-electron chi connectivity index (χ1n) is 5.34. The van der Waals surface area contributed by atoms with E-state index in [4.69, 9.17) is 15.2 Å². The summed E-state index contributed by atoms with van der Waals surface area (Å²) in [5.41, 5.74) is 8.55. The number of hydrogen-bond acceptors (Lipinski definition) is 3. The maximum absolute atomic E-state index is 6.13. The van der Waals surface area contributed by atoms with E-state index in [-0.39, 0.29) is 5.54 Å². The summed E-state index contributed by atoms with van der Waals surface area (Å²) in [7, 11) is 0. The van der Waals surface area contributed by atoms with Gasteiger partial charge in [0.05, 0.1) is 0 Å². The highest BCUT2D eigenvalue weighted by molar-refractivity contribution is 5.51. The van der Waals surface area contributed by atoms with E-state index in [0.29, 0.717) is 6.79 Å². The van der Waals surface area contributed by atoms with Crippen molar-refractivity contribution >= 4 is 0 Å². The van der Waals surface area contributed by atoms with Crippen molar-refractivity contribution in [1.82, 2.24) is 0 Å². The molecule has 0 atom stereocenters. The average Bonchev–Trinajstić information content (AvgIpc) is 2.73. The molecule has 0 bridgehead atoms. The van der Waals surface area contributed by atoms with Gasteiger partial charge in [0.2, 0.25) is 6.79 Å². The number of rotatable bonds is 2. The van der Waals surface area contributed by atoms with Crippen molar-refractivity contribution in [2.75, 3.05) is 6.79 Å². The van der Waals surface area contributed by atoms with Crippen LogP contribution in [0, 0.1) is 6.92 Å². The third-order valence-electron chi connectivity index (χ3n) is 3.13. The first-order chi connectivity index (χ1) is 7.16. The molecule has 1 aliphatic heterocycles. The first kappa shape index (κ1) is 9.04. The van der Waals surface area contributed by atoms with E-state index in [1.165, 1.54) is 11.1 Å². The molecule has 3 rings (SSSR count). The van der Waals surface area contributed by atoms with Gasteiger partial charge in [-0.25, -0.2) is 0 Å². The predicted octanol–water partition coefficient (Wildman–Crippen LogP) is 1.76. The minimum absolute atomic E-state index is 0.0213. The zero-order chi connectivity index (χ0) is 10.5. The molecule has 3 nitrogen and oxygen atoms in total. The first-order valence-corrected chi connectivity index (χ1v) is 5.34. The Morgan fingerprint density at radius 2 is 2.13 bits per heavy atom. The van der Waals surface area contributed by atoms with E-state index in [0.717, 1.165) is 30.8 Å². The number of fused-ring (bicyclic) bond motifs is 1. The van der Waals surface area contributed by atoms with Gasteiger partial charge < -0.3 is 15.2 Å². The van der Waals surface area contributed by atoms with Crippen molar-refractivity contribution in [2.45, 2.75) is 31.7 Å². The fourth-order valence-corrected chi connectivity index (χ4v) is 2.08. The fraction of sp³-hybridized carbons (Fsp3) is 0.500. The quantitative estimate of drug-likeness (QED) is 0.800. The third-order valence-corrected chi connectivity index (χ3v) is 3.13. The molecule has 1 fully saturated rings. The van der Waals surface area contributed by atoms with Gasteiger partial charge in [-0.3, -0.25) is 0 Å². The smallest absolute Gasteiger partial charge is 0.231 e. The summed E-state index contributed by atoms with van der Waals surface area (Å²) in [5, 5.41) is 0. The van der Waals surface area contributed by atoms with Gasteiger partial charge in [-0.05, 0) is 37.8 Å². The van der Waals surface area contributed by atoms with Gasteiger partial charge in [0.1, 0.15) is 0 Å². The van der Waals surface area contributed by atoms with Crippen LogP contribution >= 0.6 is 0 Å². The molecule has 0 radical (unpaired) electrons. The van der Waals surface area contributed by atoms with E-state index < -0.39 is 0 Å². The molecule has 80 valence electrons. The van der Waals surface area contributed by atoms with E-state index in [1.807, 2.05) is 6.07 Å². The van der Waals surface area contributed by atoms with Gasteiger partial charge >= 0.3 is 0 Å². The van der Waals surface area contributed by atoms with Crippen LogP contribution in [0.15, 0.2) is 12.1 Å². The molecule has 15 heavy (non-hydrogen) atoms. The van der Waals surface area contributed by atoms with Crippen LogP contribution in [0.5, 0.6) is 11.5 Å². The van der Waals surface area contributed by atoms with Gasteiger partial charge in [0.15, 0.2) is 11.5 Å². The molecule has 0 spiro atoms. The Morgan fingerprint density at radius 1 is 1.33 bits per heavy atom. The Hall–Kier alpha value is -1.22. The molecule has 1 aromatic rings. The summed E-state index contributed by atoms with van der Waals surface area (Å²) in [4.78, 5) is 0. The highest BCUT2D eigenvalue weighted by Crippen LogP contribution is 2.42. The lowest BCUT2D eigenvalue weighted by atomic mass is 10.0. The molecule has 1 heterocycles. The number of aryl methyl sites for hydroxylation is 1. The lowest BCUT2D eigenvalue weighted by Gasteiger charge is -2.11. The zero-order valence-corrected chi connectivity index (χ0v) is 8.88. The molecule has 3 heteroatoms. The van der Waals surface area contributed by atoms with Crippen LogP contribution in [0.3, 0.4) is 0 Å². The Morgan fingerprint density at radius 3 is 2.87 bits per heavy atom. The van der Waals surface area contributed by atoms with E-state index in [1.54, 1.807) is 0 Å². The largest absolute Gasteiger partial charge is 0.454 e. The Bertz CT molecular complexity index is 410. The lowest BCUT2D eigenvalue weighted by molar-refractivity contribution is 0.173. The third kappa shape index (κ3) is 1.57. The average molecular weight is 205 g/mol. The van der Waals surface area contributed by atoms with Crippen molar-refractivity contribution in [3.8, 4) is 11.5 Å². The SMILES string of the molecule is Cc1cc(CC2(N)CC2)c2c(c1)OCO2. The molecule has 1 saturated carbocycles. The van der Waals surface area contributed by atoms with E-state index in [9.17, 15) is 0 Å². The Balaban J connectivity index is 1.99. The zero-order valence-electron chi connectivity index (χ0n) is 8.88. The second-order valence-corrected chi connectivity index (χ2v) is 4.70. The fourth-order valence-electron chi connectivity index (χ4n) is 2.08. The van der Waals surface area contributed by atoms with Crippen LogP contribution in [0.2, 0.25) is 0 Å². The molecule has 0 saturated heterocycles. The number of hydrogen-bond donors (Lipinski definition) is 1. The van der Waals surface area contributed by atoms with Crippen LogP contribution in [0.25, 0.3) is 0 Å². The predicted molar refractivity (Wildman–Crippen MR) is 57.2 cm³/mol. The van der Waals surface area contributed by atoms with Crippen LogP contribution in [-0.2, 0) is 6.42 Å². The van der Waals surface area contributed by atoms with Crippen LogP contribution in [0.1, 0.15) is 24.0 Å².